The van der Waals surface area contributed by atoms with Gasteiger partial charge in [-0.2, -0.15) is 0 Å². The number of ether oxygens (including phenoxy) is 1. The van der Waals surface area contributed by atoms with Crippen LogP contribution < -0.4 is 0 Å². The topological polar surface area (TPSA) is 57.0 Å². The maximum Gasteiger partial charge on any atom is 0.360 e. The van der Waals surface area contributed by atoms with Crippen LogP contribution in [-0.2, 0) is 16.7 Å². The van der Waals surface area contributed by atoms with Crippen LogP contribution in [0.5, 0.6) is 0 Å². The molecule has 0 aliphatic heterocycles. The molecule has 0 bridgehead atoms. The van der Waals surface area contributed by atoms with Gasteiger partial charge in [0.25, 0.3) is 0 Å². The number of aryl methyl sites for hydroxylation is 1. The molecule has 0 unspecified atom stereocenters. The number of nitrogens with zero attached hydrogens (tertiary/aromatic N) is 3. The van der Waals surface area contributed by atoms with E-state index in [1.54, 1.807) is 6.92 Å². The molecule has 0 aromatic carbocycles. The Hall–Kier alpha value is -1.39. The van der Waals surface area contributed by atoms with Gasteiger partial charge >= 0.3 is 5.97 Å². The summed E-state index contributed by atoms with van der Waals surface area (Å²) in [6, 6.07) is 0. The first-order valence-electron chi connectivity index (χ1n) is 8.02. The Bertz CT molecular complexity index is 447. The number of rotatable bonds is 8. The molecule has 1 rings (SSSR count). The van der Waals surface area contributed by atoms with Crippen LogP contribution in [0.1, 0.15) is 82.9 Å². The minimum Gasteiger partial charge on any atom is -0.461 e. The molecule has 0 radical (unpaired) electrons. The molecule has 0 saturated carbocycles. The standard InChI is InChI=1S/C16H29N3O2/c1-6-8-9-10-11-12-19-14(16(3,4)5)13(17-18-19)15(20)21-7-2/h6-12H2,1-5H3. The first kappa shape index (κ1) is 17.7. The highest BCUT2D eigenvalue weighted by atomic mass is 16.5. The van der Waals surface area contributed by atoms with Gasteiger partial charge in [0, 0.05) is 12.0 Å². The van der Waals surface area contributed by atoms with Crippen LogP contribution in [0.15, 0.2) is 0 Å². The molecule has 0 atom stereocenters. The van der Waals surface area contributed by atoms with Crippen molar-refractivity contribution in [3.63, 3.8) is 0 Å². The molecule has 5 heteroatoms. The fourth-order valence-electron chi connectivity index (χ4n) is 2.41. The Labute approximate surface area is 128 Å². The van der Waals surface area contributed by atoms with Gasteiger partial charge in [-0.15, -0.1) is 5.10 Å². The van der Waals surface area contributed by atoms with Crippen molar-refractivity contribution >= 4 is 5.97 Å². The lowest BCUT2D eigenvalue weighted by Gasteiger charge is -2.20. The summed E-state index contributed by atoms with van der Waals surface area (Å²) in [5, 5.41) is 8.22. The Balaban J connectivity index is 2.82. The highest BCUT2D eigenvalue weighted by Crippen LogP contribution is 2.25. The van der Waals surface area contributed by atoms with E-state index in [1.165, 1.54) is 25.7 Å². The second-order valence-corrected chi connectivity index (χ2v) is 6.39. The molecule has 1 aromatic rings. The molecule has 0 N–H and O–H groups in total. The molecule has 1 aromatic heterocycles. The molecule has 0 fully saturated rings. The van der Waals surface area contributed by atoms with Crippen molar-refractivity contribution in [1.29, 1.82) is 0 Å². The van der Waals surface area contributed by atoms with Crippen molar-refractivity contribution in [1.82, 2.24) is 15.0 Å². The summed E-state index contributed by atoms with van der Waals surface area (Å²) < 4.78 is 6.95. The van der Waals surface area contributed by atoms with Gasteiger partial charge in [-0.25, -0.2) is 9.48 Å². The van der Waals surface area contributed by atoms with Gasteiger partial charge in [-0.3, -0.25) is 0 Å². The molecule has 120 valence electrons. The number of hydrogen-bond acceptors (Lipinski definition) is 4. The molecule has 0 aliphatic rings. The normalized spacial score (nSPS) is 11.7. The molecule has 5 nitrogen and oxygen atoms in total. The zero-order valence-electron chi connectivity index (χ0n) is 14.1. The van der Waals surface area contributed by atoms with E-state index in [0.29, 0.717) is 12.3 Å². The monoisotopic (exact) mass is 295 g/mol. The maximum atomic E-state index is 12.0. The zero-order valence-corrected chi connectivity index (χ0v) is 14.1. The van der Waals surface area contributed by atoms with Crippen LogP contribution in [0.25, 0.3) is 0 Å². The Morgan fingerprint density at radius 2 is 1.81 bits per heavy atom. The van der Waals surface area contributed by atoms with Gasteiger partial charge in [0.2, 0.25) is 0 Å². The van der Waals surface area contributed by atoms with Crippen molar-refractivity contribution in [3.05, 3.63) is 11.4 Å². The van der Waals surface area contributed by atoms with Crippen LogP contribution in [-0.4, -0.2) is 27.6 Å². The fraction of sp³-hybridized carbons (Fsp3) is 0.812. The average Bonchev–Trinajstić information content (AvgIpc) is 2.83. The molecule has 1 heterocycles. The maximum absolute atomic E-state index is 12.0. The van der Waals surface area contributed by atoms with Crippen LogP contribution in [0.3, 0.4) is 0 Å². The van der Waals surface area contributed by atoms with Crippen LogP contribution in [0.4, 0.5) is 0 Å². The van der Waals surface area contributed by atoms with E-state index in [9.17, 15) is 4.79 Å². The summed E-state index contributed by atoms with van der Waals surface area (Å²) in [4.78, 5) is 12.0. The number of carbonyl (C=O) groups is 1. The van der Waals surface area contributed by atoms with Crippen molar-refractivity contribution < 1.29 is 9.53 Å². The Morgan fingerprint density at radius 1 is 1.14 bits per heavy atom. The van der Waals surface area contributed by atoms with Gasteiger partial charge in [0.1, 0.15) is 0 Å². The number of carbonyl (C=O) groups excluding carboxylic acids is 1. The Morgan fingerprint density at radius 3 is 2.38 bits per heavy atom. The average molecular weight is 295 g/mol. The van der Waals surface area contributed by atoms with E-state index in [1.807, 2.05) is 4.68 Å². The summed E-state index contributed by atoms with van der Waals surface area (Å²) in [5.41, 5.74) is 1.05. The fourth-order valence-corrected chi connectivity index (χ4v) is 2.41. The van der Waals surface area contributed by atoms with Crippen molar-refractivity contribution in [2.45, 2.75) is 78.7 Å². The first-order valence-corrected chi connectivity index (χ1v) is 8.02. The smallest absolute Gasteiger partial charge is 0.360 e. The van der Waals surface area contributed by atoms with Crippen LogP contribution in [0, 0.1) is 0 Å². The minimum atomic E-state index is -0.375. The number of aromatic nitrogens is 3. The van der Waals surface area contributed by atoms with Gasteiger partial charge in [0.05, 0.1) is 12.3 Å². The third-order valence-corrected chi connectivity index (χ3v) is 3.39. The molecular formula is C16H29N3O2. The second-order valence-electron chi connectivity index (χ2n) is 6.39. The lowest BCUT2D eigenvalue weighted by Crippen LogP contribution is -2.22. The number of esters is 1. The summed E-state index contributed by atoms with van der Waals surface area (Å²) in [6.45, 7) is 11.4. The molecule has 0 aliphatic carbocycles. The van der Waals surface area contributed by atoms with E-state index in [-0.39, 0.29) is 11.4 Å². The minimum absolute atomic E-state index is 0.186. The second kappa shape index (κ2) is 8.15. The van der Waals surface area contributed by atoms with Crippen LogP contribution >= 0.6 is 0 Å². The molecule has 0 amide bonds. The van der Waals surface area contributed by atoms with Crippen molar-refractivity contribution in [2.24, 2.45) is 0 Å². The predicted octanol–water partition coefficient (Wildman–Crippen LogP) is 3.72. The lowest BCUT2D eigenvalue weighted by molar-refractivity contribution is 0.0516. The van der Waals surface area contributed by atoms with Gasteiger partial charge in [0.15, 0.2) is 5.69 Å². The third-order valence-electron chi connectivity index (χ3n) is 3.39. The van der Waals surface area contributed by atoms with Gasteiger partial charge < -0.3 is 4.74 Å². The van der Waals surface area contributed by atoms with E-state index < -0.39 is 0 Å². The van der Waals surface area contributed by atoms with E-state index in [4.69, 9.17) is 4.74 Å². The highest BCUT2D eigenvalue weighted by Gasteiger charge is 2.29. The summed E-state index contributed by atoms with van der Waals surface area (Å²) in [5.74, 6) is -0.375. The van der Waals surface area contributed by atoms with Crippen molar-refractivity contribution in [3.8, 4) is 0 Å². The number of unbranched alkanes of at least 4 members (excludes halogenated alkanes) is 4. The summed E-state index contributed by atoms with van der Waals surface area (Å²) >= 11 is 0. The summed E-state index contributed by atoms with van der Waals surface area (Å²) in [7, 11) is 0. The van der Waals surface area contributed by atoms with Crippen LogP contribution in [0.2, 0.25) is 0 Å². The van der Waals surface area contributed by atoms with Gasteiger partial charge in [-0.05, 0) is 13.3 Å². The molecular weight excluding hydrogens is 266 g/mol. The predicted molar refractivity (Wildman–Crippen MR) is 83.4 cm³/mol. The molecule has 0 spiro atoms. The molecule has 0 saturated heterocycles. The number of hydrogen-bond donors (Lipinski definition) is 0. The first-order chi connectivity index (χ1) is 9.91. The summed E-state index contributed by atoms with van der Waals surface area (Å²) in [6.07, 6.45) is 6.02. The molecule has 21 heavy (non-hydrogen) atoms. The SMILES string of the molecule is CCCCCCCn1nnc(C(=O)OCC)c1C(C)(C)C. The van der Waals surface area contributed by atoms with Crippen molar-refractivity contribution in [2.75, 3.05) is 6.61 Å². The van der Waals surface area contributed by atoms with E-state index in [0.717, 1.165) is 18.7 Å². The van der Waals surface area contributed by atoms with Gasteiger partial charge in [-0.1, -0.05) is 58.6 Å². The third kappa shape index (κ3) is 5.14. The zero-order chi connectivity index (χ0) is 15.9. The Kier molecular flexibility index (Phi) is 6.85. The lowest BCUT2D eigenvalue weighted by atomic mass is 9.90. The van der Waals surface area contributed by atoms with E-state index >= 15 is 0 Å². The van der Waals surface area contributed by atoms with E-state index in [2.05, 4.69) is 38.0 Å². The largest absolute Gasteiger partial charge is 0.461 e. The highest BCUT2D eigenvalue weighted by molar-refractivity contribution is 5.88. The quantitative estimate of drug-likeness (QED) is 0.542.